The molecule has 0 spiro atoms. The van der Waals surface area contributed by atoms with Crippen LogP contribution in [-0.4, -0.2) is 51.7 Å². The average Bonchev–Trinajstić information content (AvgIpc) is 3.61. The highest BCUT2D eigenvalue weighted by Crippen LogP contribution is 2.37. The van der Waals surface area contributed by atoms with Crippen molar-refractivity contribution in [2.24, 2.45) is 0 Å². The van der Waals surface area contributed by atoms with E-state index in [0.29, 0.717) is 38.5 Å². The van der Waals surface area contributed by atoms with Crippen LogP contribution in [0.15, 0.2) is 54.6 Å². The van der Waals surface area contributed by atoms with Crippen LogP contribution in [0, 0.1) is 0 Å². The quantitative estimate of drug-likeness (QED) is 0.302. The van der Waals surface area contributed by atoms with Gasteiger partial charge in [-0.2, -0.15) is 0 Å². The average molecular weight is 535 g/mol. The normalized spacial score (nSPS) is 17.0. The van der Waals surface area contributed by atoms with Gasteiger partial charge < -0.3 is 29.8 Å². The monoisotopic (exact) mass is 534 g/mol. The first-order valence-electron chi connectivity index (χ1n) is 12.9. The van der Waals surface area contributed by atoms with Gasteiger partial charge in [0.1, 0.15) is 29.5 Å². The van der Waals surface area contributed by atoms with Crippen molar-refractivity contribution in [1.29, 1.82) is 0 Å². The number of halogens is 2. The Hall–Kier alpha value is -4.18. The van der Waals surface area contributed by atoms with E-state index >= 15 is 0 Å². The van der Waals surface area contributed by atoms with Crippen LogP contribution in [0.25, 0.3) is 11.0 Å². The van der Waals surface area contributed by atoms with Crippen LogP contribution in [0.1, 0.15) is 45.7 Å². The molecule has 1 atom stereocenters. The molecule has 1 aromatic heterocycles. The summed E-state index contributed by atoms with van der Waals surface area (Å²) >= 11 is 0. The van der Waals surface area contributed by atoms with Crippen molar-refractivity contribution in [3.63, 3.8) is 0 Å². The Morgan fingerprint density at radius 3 is 2.90 bits per heavy atom. The van der Waals surface area contributed by atoms with Crippen LogP contribution >= 0.6 is 0 Å². The van der Waals surface area contributed by atoms with Gasteiger partial charge in [-0.3, -0.25) is 4.79 Å². The Balaban J connectivity index is 1.28. The number of H-pyrrole nitrogens is 1. The summed E-state index contributed by atoms with van der Waals surface area (Å²) in [5.41, 5.74) is 4.04. The van der Waals surface area contributed by atoms with Crippen molar-refractivity contribution >= 4 is 22.6 Å². The molecule has 3 aromatic carbocycles. The van der Waals surface area contributed by atoms with Crippen molar-refractivity contribution in [2.75, 3.05) is 25.1 Å². The fraction of sp³-hybridized carbons (Fsp3) is 0.310. The van der Waals surface area contributed by atoms with Gasteiger partial charge in [0.05, 0.1) is 23.7 Å². The number of phenolic OH excluding ortho intramolecular Hbond substituents is 1. The number of fused-ring (bicyclic) bond motifs is 2. The Labute approximate surface area is 223 Å². The number of amides is 1. The minimum Gasteiger partial charge on any atom is -0.507 e. The summed E-state index contributed by atoms with van der Waals surface area (Å²) in [7, 11) is 0. The molecule has 8 nitrogen and oxygen atoms in total. The number of anilines is 1. The summed E-state index contributed by atoms with van der Waals surface area (Å²) in [5, 5.41) is 14.3. The maximum atomic E-state index is 13.8. The summed E-state index contributed by atoms with van der Waals surface area (Å²) in [6.07, 6.45) is -1.31. The van der Waals surface area contributed by atoms with Crippen LogP contribution in [-0.2, 0) is 24.3 Å². The van der Waals surface area contributed by atoms with Gasteiger partial charge in [-0.05, 0) is 54.3 Å². The lowest BCUT2D eigenvalue weighted by atomic mass is 9.96. The standard InChI is InChI=1S/C29H28F2N4O4/c30-28(31)18-12-24(36)27(25(13-18)39-16-26-33-22-5-1-2-6-23(22)34-26)29(37)35-10-8-17-4-3-7-21(20(17)14-35)32-19-9-11-38-15-19/h1-7,12-13,19,28,32,36H,8-11,14-16H2,(H,33,34)/t19-/m0/s1. The van der Waals surface area contributed by atoms with Gasteiger partial charge in [-0.15, -0.1) is 0 Å². The van der Waals surface area contributed by atoms with Crippen LogP contribution in [0.2, 0.25) is 0 Å². The summed E-state index contributed by atoms with van der Waals surface area (Å²) < 4.78 is 38.5. The number of benzene rings is 3. The summed E-state index contributed by atoms with van der Waals surface area (Å²) in [6.45, 7) is 1.97. The second-order valence-corrected chi connectivity index (χ2v) is 9.83. The fourth-order valence-corrected chi connectivity index (χ4v) is 5.21. The minimum atomic E-state index is -2.84. The number of alkyl halides is 2. The number of aromatic amines is 1. The summed E-state index contributed by atoms with van der Waals surface area (Å²) in [5.74, 6) is -0.679. The Bertz CT molecular complexity index is 1480. The zero-order valence-corrected chi connectivity index (χ0v) is 21.1. The van der Waals surface area contributed by atoms with Crippen molar-refractivity contribution in [2.45, 2.75) is 38.5 Å². The van der Waals surface area contributed by atoms with E-state index in [9.17, 15) is 18.7 Å². The summed E-state index contributed by atoms with van der Waals surface area (Å²) in [4.78, 5) is 23.0. The topological polar surface area (TPSA) is 99.7 Å². The Morgan fingerprint density at radius 2 is 2.10 bits per heavy atom. The molecule has 0 unspecified atom stereocenters. The molecule has 6 rings (SSSR count). The number of hydrogen-bond acceptors (Lipinski definition) is 6. The smallest absolute Gasteiger partial charge is 0.264 e. The van der Waals surface area contributed by atoms with Gasteiger partial charge in [0.2, 0.25) is 0 Å². The molecule has 1 fully saturated rings. The second kappa shape index (κ2) is 10.5. The first-order valence-corrected chi connectivity index (χ1v) is 12.9. The van der Waals surface area contributed by atoms with Crippen molar-refractivity contribution in [3.8, 4) is 11.5 Å². The first kappa shape index (κ1) is 25.1. The molecule has 1 saturated heterocycles. The lowest BCUT2D eigenvalue weighted by Gasteiger charge is -2.31. The highest BCUT2D eigenvalue weighted by atomic mass is 19.3. The van der Waals surface area contributed by atoms with E-state index < -0.39 is 23.6 Å². The molecule has 0 saturated carbocycles. The zero-order chi connectivity index (χ0) is 26.9. The van der Waals surface area contributed by atoms with Gasteiger partial charge in [0, 0.05) is 30.9 Å². The lowest BCUT2D eigenvalue weighted by Crippen LogP contribution is -2.37. The molecular weight excluding hydrogens is 506 g/mol. The predicted molar refractivity (Wildman–Crippen MR) is 141 cm³/mol. The predicted octanol–water partition coefficient (Wildman–Crippen LogP) is 5.18. The van der Waals surface area contributed by atoms with Crippen molar-refractivity contribution in [1.82, 2.24) is 14.9 Å². The number of imidazole rings is 1. The third-order valence-corrected chi connectivity index (χ3v) is 7.22. The van der Waals surface area contributed by atoms with Gasteiger partial charge >= 0.3 is 0 Å². The molecule has 4 aromatic rings. The minimum absolute atomic E-state index is 0.0958. The molecule has 10 heteroatoms. The molecule has 39 heavy (non-hydrogen) atoms. The largest absolute Gasteiger partial charge is 0.507 e. The number of nitrogens with zero attached hydrogens (tertiary/aromatic N) is 2. The number of aromatic nitrogens is 2. The molecule has 2 aliphatic rings. The van der Waals surface area contributed by atoms with E-state index in [4.69, 9.17) is 9.47 Å². The molecule has 0 aliphatic carbocycles. The number of carbonyl (C=O) groups excluding carboxylic acids is 1. The van der Waals surface area contributed by atoms with Gasteiger partial charge in [0.15, 0.2) is 0 Å². The van der Waals surface area contributed by atoms with Gasteiger partial charge in [0.25, 0.3) is 12.3 Å². The van der Waals surface area contributed by atoms with Crippen LogP contribution in [0.4, 0.5) is 14.5 Å². The number of nitrogens with one attached hydrogen (secondary N) is 2. The number of carbonyl (C=O) groups is 1. The van der Waals surface area contributed by atoms with Crippen molar-refractivity contribution < 1.29 is 28.2 Å². The van der Waals surface area contributed by atoms with E-state index in [1.165, 1.54) is 0 Å². The van der Waals surface area contributed by atoms with E-state index in [1.54, 1.807) is 4.90 Å². The highest BCUT2D eigenvalue weighted by Gasteiger charge is 2.30. The maximum Gasteiger partial charge on any atom is 0.264 e. The van der Waals surface area contributed by atoms with Crippen LogP contribution in [0.3, 0.4) is 0 Å². The molecule has 3 heterocycles. The number of rotatable bonds is 7. The molecular formula is C29H28F2N4O4. The van der Waals surface area contributed by atoms with E-state index in [0.717, 1.165) is 46.4 Å². The Kier molecular flexibility index (Phi) is 6.78. The lowest BCUT2D eigenvalue weighted by molar-refractivity contribution is 0.0726. The van der Waals surface area contributed by atoms with Crippen LogP contribution < -0.4 is 10.1 Å². The summed E-state index contributed by atoms with van der Waals surface area (Å²) in [6, 6.07) is 15.7. The molecule has 1 amide bonds. The van der Waals surface area contributed by atoms with Gasteiger partial charge in [-0.25, -0.2) is 13.8 Å². The molecule has 0 radical (unpaired) electrons. The first-order chi connectivity index (χ1) is 19.0. The van der Waals surface area contributed by atoms with E-state index in [-0.39, 0.29) is 24.0 Å². The number of para-hydroxylation sites is 2. The SMILES string of the molecule is O=C(c1c(O)cc(C(F)F)cc1OCc1nc2ccccc2[nH]1)N1CCc2cccc(N[C@H]3CCOC3)c2C1. The van der Waals surface area contributed by atoms with Crippen molar-refractivity contribution in [3.05, 3.63) is 82.7 Å². The van der Waals surface area contributed by atoms with E-state index in [2.05, 4.69) is 15.3 Å². The molecule has 0 bridgehead atoms. The van der Waals surface area contributed by atoms with Gasteiger partial charge in [-0.1, -0.05) is 24.3 Å². The zero-order valence-electron chi connectivity index (χ0n) is 21.1. The third-order valence-electron chi connectivity index (χ3n) is 7.22. The number of ether oxygens (including phenoxy) is 2. The molecule has 3 N–H and O–H groups in total. The van der Waals surface area contributed by atoms with Crippen LogP contribution in [0.5, 0.6) is 11.5 Å². The molecule has 202 valence electrons. The molecule has 2 aliphatic heterocycles. The number of phenols is 1. The number of hydrogen-bond donors (Lipinski definition) is 3. The third kappa shape index (κ3) is 5.12. The number of aromatic hydroxyl groups is 1. The fourth-order valence-electron chi connectivity index (χ4n) is 5.21. The maximum absolute atomic E-state index is 13.8. The van der Waals surface area contributed by atoms with E-state index in [1.807, 2.05) is 42.5 Å². The Morgan fingerprint density at radius 1 is 1.23 bits per heavy atom. The highest BCUT2D eigenvalue weighted by molar-refractivity contribution is 6.00. The second-order valence-electron chi connectivity index (χ2n) is 9.83.